The highest BCUT2D eigenvalue weighted by Crippen LogP contribution is 2.21. The second kappa shape index (κ2) is 4.49. The Bertz CT molecular complexity index is 284. The van der Waals surface area contributed by atoms with Gasteiger partial charge in [-0.25, -0.2) is 0 Å². The van der Waals surface area contributed by atoms with E-state index in [4.69, 9.17) is 21.4 Å². The van der Waals surface area contributed by atoms with Gasteiger partial charge in [-0.15, -0.1) is 0 Å². The molecule has 1 rings (SSSR count). The molecule has 2 nitrogen and oxygen atoms in total. The van der Waals surface area contributed by atoms with E-state index in [0.29, 0.717) is 11.6 Å². The van der Waals surface area contributed by atoms with Crippen molar-refractivity contribution in [3.8, 4) is 5.75 Å². The van der Waals surface area contributed by atoms with Crippen molar-refractivity contribution in [1.82, 2.24) is 0 Å². The van der Waals surface area contributed by atoms with Gasteiger partial charge < -0.3 is 9.84 Å². The molecular formula is C10H13ClO2. The zero-order chi connectivity index (χ0) is 9.84. The molecule has 0 spiro atoms. The van der Waals surface area contributed by atoms with Crippen molar-refractivity contribution in [3.63, 3.8) is 0 Å². The molecule has 1 atom stereocenters. The molecule has 0 bridgehead atoms. The smallest absolute Gasteiger partial charge is 0.122 e. The Labute approximate surface area is 83.1 Å². The number of hydrogen-bond donors (Lipinski definition) is 1. The number of halogens is 1. The molecule has 1 N–H and O–H groups in total. The molecule has 0 aliphatic heterocycles. The monoisotopic (exact) mass is 200 g/mol. The molecule has 0 fully saturated rings. The molecule has 0 aromatic heterocycles. The summed E-state index contributed by atoms with van der Waals surface area (Å²) < 4.78 is 5.34. The first-order valence-corrected chi connectivity index (χ1v) is 4.54. The highest BCUT2D eigenvalue weighted by molar-refractivity contribution is 6.30. The van der Waals surface area contributed by atoms with Crippen LogP contribution in [0.3, 0.4) is 0 Å². The average molecular weight is 201 g/mol. The molecule has 1 aromatic rings. The number of aliphatic hydroxyl groups is 1. The Morgan fingerprint density at radius 1 is 1.54 bits per heavy atom. The normalized spacial score (nSPS) is 12.6. The summed E-state index contributed by atoms with van der Waals surface area (Å²) in [5.41, 5.74) is 0.980. The second-order valence-corrected chi connectivity index (χ2v) is 3.51. The van der Waals surface area contributed by atoms with Gasteiger partial charge in [0.15, 0.2) is 0 Å². The molecular weight excluding hydrogens is 188 g/mol. The number of aliphatic hydroxyl groups excluding tert-OH is 1. The van der Waals surface area contributed by atoms with E-state index in [1.807, 2.05) is 13.0 Å². The average Bonchev–Trinajstić information content (AvgIpc) is 2.02. The third kappa shape index (κ3) is 3.25. The van der Waals surface area contributed by atoms with E-state index in [1.54, 1.807) is 19.1 Å². The summed E-state index contributed by atoms with van der Waals surface area (Å²) in [5.74, 6) is 0.769. The third-order valence-corrected chi connectivity index (χ3v) is 1.85. The number of ether oxygens (including phenoxy) is 1. The van der Waals surface area contributed by atoms with E-state index in [0.717, 1.165) is 11.3 Å². The molecule has 0 radical (unpaired) electrons. The van der Waals surface area contributed by atoms with Crippen LogP contribution in [0.2, 0.25) is 5.02 Å². The molecule has 0 amide bonds. The molecule has 0 aliphatic carbocycles. The van der Waals surface area contributed by atoms with Gasteiger partial charge in [0.05, 0.1) is 6.10 Å². The Morgan fingerprint density at radius 2 is 2.23 bits per heavy atom. The van der Waals surface area contributed by atoms with Crippen molar-refractivity contribution >= 4 is 11.6 Å². The van der Waals surface area contributed by atoms with Crippen molar-refractivity contribution in [2.24, 2.45) is 0 Å². The van der Waals surface area contributed by atoms with Gasteiger partial charge in [-0.3, -0.25) is 0 Å². The first kappa shape index (κ1) is 10.4. The van der Waals surface area contributed by atoms with Crippen LogP contribution >= 0.6 is 11.6 Å². The SMILES string of the molecule is Cc1cc(Cl)ccc1OC[C@H](C)O. The van der Waals surface area contributed by atoms with Crippen LogP contribution < -0.4 is 4.74 Å². The van der Waals surface area contributed by atoms with Gasteiger partial charge in [0.25, 0.3) is 0 Å². The minimum absolute atomic E-state index is 0.308. The molecule has 0 saturated carbocycles. The van der Waals surface area contributed by atoms with Crippen LogP contribution in [0.15, 0.2) is 18.2 Å². The second-order valence-electron chi connectivity index (χ2n) is 3.07. The molecule has 0 saturated heterocycles. The molecule has 0 heterocycles. The number of benzene rings is 1. The summed E-state index contributed by atoms with van der Waals surface area (Å²) in [4.78, 5) is 0. The maximum absolute atomic E-state index is 9.01. The van der Waals surface area contributed by atoms with Crippen molar-refractivity contribution < 1.29 is 9.84 Å². The largest absolute Gasteiger partial charge is 0.491 e. The summed E-state index contributed by atoms with van der Waals surface area (Å²) >= 11 is 5.77. The van der Waals surface area contributed by atoms with Crippen LogP contribution in [0.25, 0.3) is 0 Å². The first-order chi connectivity index (χ1) is 6.09. The molecule has 3 heteroatoms. The fourth-order valence-electron chi connectivity index (χ4n) is 0.985. The predicted molar refractivity (Wildman–Crippen MR) is 53.4 cm³/mol. The first-order valence-electron chi connectivity index (χ1n) is 4.16. The Balaban J connectivity index is 2.67. The van der Waals surface area contributed by atoms with E-state index in [-0.39, 0.29) is 0 Å². The summed E-state index contributed by atoms with van der Waals surface area (Å²) in [6.45, 7) is 3.91. The minimum Gasteiger partial charge on any atom is -0.491 e. The van der Waals surface area contributed by atoms with E-state index in [2.05, 4.69) is 0 Å². The van der Waals surface area contributed by atoms with Crippen molar-refractivity contribution in [3.05, 3.63) is 28.8 Å². The van der Waals surface area contributed by atoms with Crippen LogP contribution in [-0.2, 0) is 0 Å². The van der Waals surface area contributed by atoms with Crippen LogP contribution in [-0.4, -0.2) is 17.8 Å². The summed E-state index contributed by atoms with van der Waals surface area (Å²) in [6.07, 6.45) is -0.449. The van der Waals surface area contributed by atoms with E-state index in [1.165, 1.54) is 0 Å². The van der Waals surface area contributed by atoms with Gasteiger partial charge in [0.2, 0.25) is 0 Å². The third-order valence-electron chi connectivity index (χ3n) is 1.62. The predicted octanol–water partition coefficient (Wildman–Crippen LogP) is 2.41. The maximum Gasteiger partial charge on any atom is 0.122 e. The van der Waals surface area contributed by atoms with Crippen LogP contribution in [0.4, 0.5) is 0 Å². The van der Waals surface area contributed by atoms with E-state index in [9.17, 15) is 0 Å². The molecule has 0 aliphatic rings. The summed E-state index contributed by atoms with van der Waals surface area (Å²) in [7, 11) is 0. The van der Waals surface area contributed by atoms with E-state index >= 15 is 0 Å². The highest BCUT2D eigenvalue weighted by atomic mass is 35.5. The molecule has 13 heavy (non-hydrogen) atoms. The van der Waals surface area contributed by atoms with Crippen LogP contribution in [0.1, 0.15) is 12.5 Å². The van der Waals surface area contributed by atoms with Gasteiger partial charge >= 0.3 is 0 Å². The Hall–Kier alpha value is -0.730. The summed E-state index contributed by atoms with van der Waals surface area (Å²) in [5, 5.41) is 9.70. The van der Waals surface area contributed by atoms with Gasteiger partial charge in [-0.05, 0) is 37.6 Å². The Kier molecular flexibility index (Phi) is 3.58. The molecule has 1 aromatic carbocycles. The molecule has 0 unspecified atom stereocenters. The van der Waals surface area contributed by atoms with Crippen LogP contribution in [0.5, 0.6) is 5.75 Å². The highest BCUT2D eigenvalue weighted by Gasteiger charge is 2.01. The van der Waals surface area contributed by atoms with Gasteiger partial charge in [0, 0.05) is 5.02 Å². The van der Waals surface area contributed by atoms with E-state index < -0.39 is 6.10 Å². The van der Waals surface area contributed by atoms with Crippen molar-refractivity contribution in [1.29, 1.82) is 0 Å². The quantitative estimate of drug-likeness (QED) is 0.812. The van der Waals surface area contributed by atoms with Crippen molar-refractivity contribution in [2.45, 2.75) is 20.0 Å². The lowest BCUT2D eigenvalue weighted by Crippen LogP contribution is -2.13. The van der Waals surface area contributed by atoms with Crippen molar-refractivity contribution in [2.75, 3.05) is 6.61 Å². The zero-order valence-corrected chi connectivity index (χ0v) is 8.51. The fourth-order valence-corrected chi connectivity index (χ4v) is 1.21. The topological polar surface area (TPSA) is 29.5 Å². The van der Waals surface area contributed by atoms with Gasteiger partial charge in [-0.1, -0.05) is 11.6 Å². The maximum atomic E-state index is 9.01. The van der Waals surface area contributed by atoms with Crippen LogP contribution in [0, 0.1) is 6.92 Å². The zero-order valence-electron chi connectivity index (χ0n) is 7.75. The molecule has 72 valence electrons. The van der Waals surface area contributed by atoms with Gasteiger partial charge in [-0.2, -0.15) is 0 Å². The lowest BCUT2D eigenvalue weighted by molar-refractivity contribution is 0.122. The lowest BCUT2D eigenvalue weighted by Gasteiger charge is -2.10. The standard InChI is InChI=1S/C10H13ClO2/c1-7-5-9(11)3-4-10(7)13-6-8(2)12/h3-5,8,12H,6H2,1-2H3/t8-/m0/s1. The number of hydrogen-bond acceptors (Lipinski definition) is 2. The van der Waals surface area contributed by atoms with Gasteiger partial charge in [0.1, 0.15) is 12.4 Å². The summed E-state index contributed by atoms with van der Waals surface area (Å²) in [6, 6.07) is 5.41. The Morgan fingerprint density at radius 3 is 2.77 bits per heavy atom. The number of aryl methyl sites for hydroxylation is 1. The number of rotatable bonds is 3. The minimum atomic E-state index is -0.449. The fraction of sp³-hybridized carbons (Fsp3) is 0.400. The lowest BCUT2D eigenvalue weighted by atomic mass is 10.2.